The second kappa shape index (κ2) is 7.64. The van der Waals surface area contributed by atoms with Crippen LogP contribution in [0.5, 0.6) is 5.75 Å². The fraction of sp³-hybridized carbons (Fsp3) is 0.533. The van der Waals surface area contributed by atoms with E-state index in [-0.39, 0.29) is 11.9 Å². The molecule has 1 aromatic carbocycles. The lowest BCUT2D eigenvalue weighted by atomic mass is 10.3. The molecular formula is C15H21BrN2O2. The maximum atomic E-state index is 12.1. The van der Waals surface area contributed by atoms with E-state index in [1.165, 1.54) is 0 Å². The number of nitrogens with one attached hydrogen (secondary N) is 1. The highest BCUT2D eigenvalue weighted by Crippen LogP contribution is 2.17. The molecule has 1 atom stereocenters. The quantitative estimate of drug-likeness (QED) is 0.808. The first kappa shape index (κ1) is 15.3. The van der Waals surface area contributed by atoms with Crippen molar-refractivity contribution in [3.05, 3.63) is 28.7 Å². The molecule has 4 nitrogen and oxygen atoms in total. The van der Waals surface area contributed by atoms with Gasteiger partial charge in [-0.05, 0) is 38.0 Å². The van der Waals surface area contributed by atoms with Crippen LogP contribution in [0.3, 0.4) is 0 Å². The van der Waals surface area contributed by atoms with Gasteiger partial charge in [0, 0.05) is 24.1 Å². The third-order valence-electron chi connectivity index (χ3n) is 3.41. The van der Waals surface area contributed by atoms with E-state index in [2.05, 4.69) is 21.2 Å². The van der Waals surface area contributed by atoms with Crippen molar-refractivity contribution in [2.75, 3.05) is 26.2 Å². The second-order valence-electron chi connectivity index (χ2n) is 5.01. The highest BCUT2D eigenvalue weighted by atomic mass is 79.9. The Morgan fingerprint density at radius 3 is 2.90 bits per heavy atom. The van der Waals surface area contributed by atoms with Crippen molar-refractivity contribution in [2.45, 2.75) is 25.8 Å². The molecule has 1 aliphatic rings. The minimum absolute atomic E-state index is 0.140. The number of rotatable bonds is 6. The smallest absolute Gasteiger partial charge is 0.239 e. The third kappa shape index (κ3) is 4.49. The molecule has 1 amide bonds. The van der Waals surface area contributed by atoms with E-state index in [0.29, 0.717) is 13.2 Å². The summed E-state index contributed by atoms with van der Waals surface area (Å²) in [5.41, 5.74) is 0. The SMILES string of the molecule is CC(NCCOc1cccc(Br)c1)C(=O)N1CCCC1. The number of likely N-dealkylation sites (tertiary alicyclic amines) is 1. The van der Waals surface area contributed by atoms with Crippen LogP contribution >= 0.6 is 15.9 Å². The fourth-order valence-electron chi connectivity index (χ4n) is 2.30. The molecule has 0 spiro atoms. The van der Waals surface area contributed by atoms with Crippen LogP contribution < -0.4 is 10.1 Å². The summed E-state index contributed by atoms with van der Waals surface area (Å²) in [6.07, 6.45) is 2.26. The Labute approximate surface area is 128 Å². The molecule has 1 N–H and O–H groups in total. The molecule has 2 rings (SSSR count). The van der Waals surface area contributed by atoms with Crippen LogP contribution in [0.15, 0.2) is 28.7 Å². The fourth-order valence-corrected chi connectivity index (χ4v) is 2.68. The maximum absolute atomic E-state index is 12.1. The van der Waals surface area contributed by atoms with E-state index < -0.39 is 0 Å². The Morgan fingerprint density at radius 2 is 2.20 bits per heavy atom. The average Bonchev–Trinajstić information content (AvgIpc) is 2.96. The zero-order chi connectivity index (χ0) is 14.4. The maximum Gasteiger partial charge on any atom is 0.239 e. The number of hydrogen-bond donors (Lipinski definition) is 1. The van der Waals surface area contributed by atoms with Gasteiger partial charge in [-0.15, -0.1) is 0 Å². The van der Waals surface area contributed by atoms with Crippen molar-refractivity contribution in [1.29, 1.82) is 0 Å². The van der Waals surface area contributed by atoms with Crippen molar-refractivity contribution >= 4 is 21.8 Å². The van der Waals surface area contributed by atoms with Gasteiger partial charge in [0.15, 0.2) is 0 Å². The van der Waals surface area contributed by atoms with Crippen LogP contribution in [0.25, 0.3) is 0 Å². The van der Waals surface area contributed by atoms with E-state index in [1.807, 2.05) is 36.1 Å². The highest BCUT2D eigenvalue weighted by molar-refractivity contribution is 9.10. The van der Waals surface area contributed by atoms with Gasteiger partial charge < -0.3 is 15.0 Å². The normalized spacial score (nSPS) is 16.2. The molecule has 110 valence electrons. The van der Waals surface area contributed by atoms with Crippen LogP contribution in [0, 0.1) is 0 Å². The highest BCUT2D eigenvalue weighted by Gasteiger charge is 2.22. The lowest BCUT2D eigenvalue weighted by Gasteiger charge is -2.21. The van der Waals surface area contributed by atoms with Gasteiger partial charge in [0.1, 0.15) is 12.4 Å². The predicted octanol–water partition coefficient (Wildman–Crippen LogP) is 2.43. The number of ether oxygens (including phenoxy) is 1. The Balaban J connectivity index is 1.66. The molecule has 20 heavy (non-hydrogen) atoms. The van der Waals surface area contributed by atoms with Gasteiger partial charge in [0.2, 0.25) is 5.91 Å². The molecule has 1 heterocycles. The van der Waals surface area contributed by atoms with E-state index in [0.717, 1.165) is 36.2 Å². The van der Waals surface area contributed by atoms with E-state index in [1.54, 1.807) is 0 Å². The minimum Gasteiger partial charge on any atom is -0.492 e. The van der Waals surface area contributed by atoms with E-state index in [4.69, 9.17) is 4.74 Å². The van der Waals surface area contributed by atoms with E-state index >= 15 is 0 Å². The summed E-state index contributed by atoms with van der Waals surface area (Å²) in [5.74, 6) is 1.03. The first-order valence-electron chi connectivity index (χ1n) is 7.07. The zero-order valence-corrected chi connectivity index (χ0v) is 13.4. The molecule has 5 heteroatoms. The summed E-state index contributed by atoms with van der Waals surface area (Å²) < 4.78 is 6.63. The molecule has 0 aliphatic carbocycles. The molecule has 0 radical (unpaired) electrons. The summed E-state index contributed by atoms with van der Waals surface area (Å²) in [5, 5.41) is 3.22. The number of nitrogens with zero attached hydrogens (tertiary/aromatic N) is 1. The van der Waals surface area contributed by atoms with Crippen molar-refractivity contribution < 1.29 is 9.53 Å². The summed E-state index contributed by atoms with van der Waals surface area (Å²) in [6, 6.07) is 7.61. The zero-order valence-electron chi connectivity index (χ0n) is 11.8. The summed E-state index contributed by atoms with van der Waals surface area (Å²) in [7, 11) is 0. The Kier molecular flexibility index (Phi) is 5.86. The van der Waals surface area contributed by atoms with Crippen molar-refractivity contribution in [2.24, 2.45) is 0 Å². The molecule has 1 saturated heterocycles. The lowest BCUT2D eigenvalue weighted by molar-refractivity contribution is -0.131. The van der Waals surface area contributed by atoms with Crippen molar-refractivity contribution in [1.82, 2.24) is 10.2 Å². The number of hydrogen-bond acceptors (Lipinski definition) is 3. The first-order chi connectivity index (χ1) is 9.66. The molecule has 1 aliphatic heterocycles. The van der Waals surface area contributed by atoms with E-state index in [9.17, 15) is 4.79 Å². The molecule has 0 saturated carbocycles. The third-order valence-corrected chi connectivity index (χ3v) is 3.90. The summed E-state index contributed by atoms with van der Waals surface area (Å²) in [4.78, 5) is 14.0. The largest absolute Gasteiger partial charge is 0.492 e. The molecule has 1 aromatic rings. The lowest BCUT2D eigenvalue weighted by Crippen LogP contribution is -2.44. The van der Waals surface area contributed by atoms with Gasteiger partial charge in [0.25, 0.3) is 0 Å². The number of carbonyl (C=O) groups excluding carboxylic acids is 1. The second-order valence-corrected chi connectivity index (χ2v) is 5.93. The average molecular weight is 341 g/mol. The Morgan fingerprint density at radius 1 is 1.45 bits per heavy atom. The molecular weight excluding hydrogens is 320 g/mol. The van der Waals surface area contributed by atoms with Crippen LogP contribution in [-0.4, -0.2) is 43.1 Å². The van der Waals surface area contributed by atoms with Gasteiger partial charge in [-0.1, -0.05) is 22.0 Å². The Hall–Kier alpha value is -1.07. The number of amides is 1. The van der Waals surface area contributed by atoms with Gasteiger partial charge in [-0.3, -0.25) is 4.79 Å². The topological polar surface area (TPSA) is 41.6 Å². The Bertz CT molecular complexity index is 447. The van der Waals surface area contributed by atoms with Gasteiger partial charge in [-0.25, -0.2) is 0 Å². The van der Waals surface area contributed by atoms with Crippen LogP contribution in [-0.2, 0) is 4.79 Å². The van der Waals surface area contributed by atoms with Gasteiger partial charge in [-0.2, -0.15) is 0 Å². The van der Waals surface area contributed by atoms with Gasteiger partial charge >= 0.3 is 0 Å². The summed E-state index contributed by atoms with van der Waals surface area (Å²) >= 11 is 3.41. The monoisotopic (exact) mass is 340 g/mol. The van der Waals surface area contributed by atoms with Gasteiger partial charge in [0.05, 0.1) is 6.04 Å². The molecule has 1 unspecified atom stereocenters. The standard InChI is InChI=1S/C15H21BrN2O2/c1-12(15(19)18-8-2-3-9-18)17-7-10-20-14-6-4-5-13(16)11-14/h4-6,11-12,17H,2-3,7-10H2,1H3. The number of halogens is 1. The summed E-state index contributed by atoms with van der Waals surface area (Å²) in [6.45, 7) is 4.93. The van der Waals surface area contributed by atoms with Crippen LogP contribution in [0.2, 0.25) is 0 Å². The number of carbonyl (C=O) groups is 1. The molecule has 0 bridgehead atoms. The first-order valence-corrected chi connectivity index (χ1v) is 7.86. The van der Waals surface area contributed by atoms with Crippen LogP contribution in [0.1, 0.15) is 19.8 Å². The molecule has 0 aromatic heterocycles. The number of benzene rings is 1. The predicted molar refractivity (Wildman–Crippen MR) is 82.9 cm³/mol. The van der Waals surface area contributed by atoms with Crippen molar-refractivity contribution in [3.63, 3.8) is 0 Å². The molecule has 1 fully saturated rings. The van der Waals surface area contributed by atoms with Crippen LogP contribution in [0.4, 0.5) is 0 Å². The van der Waals surface area contributed by atoms with Crippen molar-refractivity contribution in [3.8, 4) is 5.75 Å². The minimum atomic E-state index is -0.140.